The molecule has 35 heavy (non-hydrogen) atoms. The Labute approximate surface area is 204 Å². The van der Waals surface area contributed by atoms with Crippen molar-refractivity contribution in [3.05, 3.63) is 71.7 Å². The number of nitrogens with one attached hydrogen (secondary N) is 1. The van der Waals surface area contributed by atoms with E-state index in [0.717, 1.165) is 48.9 Å². The Kier molecular flexibility index (Phi) is 5.03. The summed E-state index contributed by atoms with van der Waals surface area (Å²) in [7, 11) is 1.82. The second-order valence-electron chi connectivity index (χ2n) is 10.5. The zero-order valence-corrected chi connectivity index (χ0v) is 20.4. The smallest absolute Gasteiger partial charge is 0.274 e. The lowest BCUT2D eigenvalue weighted by Gasteiger charge is -2.35. The lowest BCUT2D eigenvalue weighted by molar-refractivity contribution is -0.0592. The Morgan fingerprint density at radius 2 is 1.94 bits per heavy atom. The number of ether oxygens (including phenoxy) is 1. The van der Waals surface area contributed by atoms with Crippen LogP contribution in [0.2, 0.25) is 0 Å². The first-order valence-corrected chi connectivity index (χ1v) is 12.3. The number of amides is 1. The van der Waals surface area contributed by atoms with Crippen molar-refractivity contribution in [2.24, 2.45) is 0 Å². The average molecular weight is 471 g/mol. The van der Waals surface area contributed by atoms with Crippen molar-refractivity contribution in [1.29, 1.82) is 0 Å². The Morgan fingerprint density at radius 1 is 1.14 bits per heavy atom. The molecule has 1 saturated heterocycles. The summed E-state index contributed by atoms with van der Waals surface area (Å²) in [6.45, 7) is 5.09. The molecule has 6 rings (SSSR count). The predicted molar refractivity (Wildman–Crippen MR) is 134 cm³/mol. The Hall–Kier alpha value is -3.52. The van der Waals surface area contributed by atoms with E-state index in [1.54, 1.807) is 4.90 Å². The zero-order valence-electron chi connectivity index (χ0n) is 20.4. The summed E-state index contributed by atoms with van der Waals surface area (Å²) in [5.41, 5.74) is 3.26. The number of tetrazole rings is 1. The summed E-state index contributed by atoms with van der Waals surface area (Å²) in [5, 5.41) is 15.9. The Morgan fingerprint density at radius 3 is 2.63 bits per heavy atom. The summed E-state index contributed by atoms with van der Waals surface area (Å²) in [6, 6.07) is 18.4. The maximum atomic E-state index is 13.9. The minimum Gasteiger partial charge on any atom is -0.376 e. The number of anilines is 1. The van der Waals surface area contributed by atoms with Crippen LogP contribution in [-0.4, -0.2) is 50.4 Å². The van der Waals surface area contributed by atoms with Gasteiger partial charge < -0.3 is 14.2 Å². The number of hydrogen-bond acceptors (Lipinski definition) is 5. The Bertz CT molecular complexity index is 1370. The predicted octanol–water partition coefficient (Wildman–Crippen LogP) is 4.64. The summed E-state index contributed by atoms with van der Waals surface area (Å²) in [4.78, 5) is 15.6. The highest BCUT2D eigenvalue weighted by Crippen LogP contribution is 2.51. The molecule has 2 aromatic heterocycles. The lowest BCUT2D eigenvalue weighted by Crippen LogP contribution is -2.33. The molecule has 1 atom stereocenters. The molecule has 8 heteroatoms. The molecule has 4 aromatic rings. The van der Waals surface area contributed by atoms with Gasteiger partial charge in [0.2, 0.25) is 0 Å². The number of fused-ring (bicyclic) bond motifs is 1. The van der Waals surface area contributed by atoms with Gasteiger partial charge in [-0.15, -0.1) is 5.10 Å². The first-order valence-electron chi connectivity index (χ1n) is 12.3. The number of carbonyl (C=O) groups excluding carboxylic acids is 1. The molecule has 180 valence electrons. The van der Waals surface area contributed by atoms with Crippen LogP contribution >= 0.6 is 0 Å². The van der Waals surface area contributed by atoms with Crippen LogP contribution in [0.1, 0.15) is 67.3 Å². The molecule has 2 fully saturated rings. The highest BCUT2D eigenvalue weighted by Gasteiger charge is 2.52. The van der Waals surface area contributed by atoms with E-state index in [0.29, 0.717) is 17.4 Å². The van der Waals surface area contributed by atoms with Crippen molar-refractivity contribution >= 4 is 22.5 Å². The fraction of sp³-hybridized carbons (Fsp3) is 0.407. The normalized spacial score (nSPS) is 20.6. The molecule has 0 spiro atoms. The fourth-order valence-electron chi connectivity index (χ4n) is 5.60. The number of rotatable bonds is 5. The number of H-pyrrole nitrogens is 1. The second kappa shape index (κ2) is 8.02. The van der Waals surface area contributed by atoms with Gasteiger partial charge in [-0.05, 0) is 91.8 Å². The minimum atomic E-state index is -0.435. The molecule has 8 nitrogen and oxygen atoms in total. The maximum absolute atomic E-state index is 13.9. The van der Waals surface area contributed by atoms with Crippen molar-refractivity contribution in [2.75, 3.05) is 18.6 Å². The first kappa shape index (κ1) is 22.0. The van der Waals surface area contributed by atoms with Gasteiger partial charge in [0.25, 0.3) is 5.91 Å². The van der Waals surface area contributed by atoms with Crippen LogP contribution in [0.25, 0.3) is 10.9 Å². The van der Waals surface area contributed by atoms with Gasteiger partial charge in [0.15, 0.2) is 5.82 Å². The third-order valence-electron chi connectivity index (χ3n) is 7.60. The molecule has 0 radical (unpaired) electrons. The molecule has 1 N–H and O–H groups in total. The molecule has 2 aliphatic rings. The van der Waals surface area contributed by atoms with Crippen LogP contribution in [0, 0.1) is 0 Å². The number of nitrogens with zero attached hydrogens (tertiary/aromatic N) is 5. The van der Waals surface area contributed by atoms with Gasteiger partial charge >= 0.3 is 0 Å². The number of aromatic nitrogens is 5. The van der Waals surface area contributed by atoms with Crippen molar-refractivity contribution in [1.82, 2.24) is 25.2 Å². The van der Waals surface area contributed by atoms with Gasteiger partial charge in [0, 0.05) is 30.2 Å². The Balaban J connectivity index is 1.47. The van der Waals surface area contributed by atoms with Gasteiger partial charge in [0.05, 0.1) is 5.60 Å². The van der Waals surface area contributed by atoms with E-state index in [9.17, 15) is 4.79 Å². The van der Waals surface area contributed by atoms with Crippen LogP contribution < -0.4 is 4.90 Å². The topological polar surface area (TPSA) is 88.9 Å². The van der Waals surface area contributed by atoms with Crippen LogP contribution in [0.3, 0.4) is 0 Å². The SMILES string of the molecule is CN(C(=O)c1cc2cc([C@H]3CCOC(C)(C)C3)ccc2n1C1(c2nnn[nH]2)CC1)c1ccccc1. The lowest BCUT2D eigenvalue weighted by atomic mass is 9.83. The molecule has 1 aliphatic carbocycles. The average Bonchev–Trinajstić information content (AvgIpc) is 3.29. The number of para-hydroxylation sites is 1. The summed E-state index contributed by atoms with van der Waals surface area (Å²) in [6.07, 6.45) is 3.74. The molecule has 1 amide bonds. The van der Waals surface area contributed by atoms with E-state index in [-0.39, 0.29) is 11.5 Å². The van der Waals surface area contributed by atoms with Gasteiger partial charge in [-0.3, -0.25) is 4.79 Å². The molecular weight excluding hydrogens is 440 g/mol. The van der Waals surface area contributed by atoms with Gasteiger partial charge in [-0.2, -0.15) is 0 Å². The van der Waals surface area contributed by atoms with E-state index in [2.05, 4.69) is 57.2 Å². The van der Waals surface area contributed by atoms with Crippen molar-refractivity contribution in [2.45, 2.75) is 56.6 Å². The zero-order chi connectivity index (χ0) is 24.2. The van der Waals surface area contributed by atoms with E-state index in [1.807, 2.05) is 43.4 Å². The summed E-state index contributed by atoms with van der Waals surface area (Å²) in [5.74, 6) is 1.08. The minimum absolute atomic E-state index is 0.0556. The van der Waals surface area contributed by atoms with E-state index in [4.69, 9.17) is 4.74 Å². The highest BCUT2D eigenvalue weighted by molar-refractivity contribution is 6.08. The fourth-order valence-corrected chi connectivity index (χ4v) is 5.60. The summed E-state index contributed by atoms with van der Waals surface area (Å²) < 4.78 is 8.10. The molecule has 2 aromatic carbocycles. The van der Waals surface area contributed by atoms with Crippen LogP contribution in [-0.2, 0) is 10.3 Å². The standard InChI is InChI=1S/C27H30N6O2/c1-26(2)17-19(11-14-35-26)18-9-10-22-20(15-18)16-23(24(34)32(3)21-7-5-4-6-8-21)33(22)27(12-13-27)25-28-30-31-29-25/h4-10,15-16,19H,11-14,17H2,1-3H3,(H,28,29,30,31)/t19-/m0/s1. The molecule has 0 unspecified atom stereocenters. The molecule has 0 bridgehead atoms. The van der Waals surface area contributed by atoms with Crippen LogP contribution in [0.5, 0.6) is 0 Å². The van der Waals surface area contributed by atoms with Crippen molar-refractivity contribution in [3.8, 4) is 0 Å². The van der Waals surface area contributed by atoms with Crippen LogP contribution in [0.15, 0.2) is 54.6 Å². The third-order valence-corrected chi connectivity index (χ3v) is 7.60. The highest BCUT2D eigenvalue weighted by atomic mass is 16.5. The van der Waals surface area contributed by atoms with Crippen molar-refractivity contribution in [3.63, 3.8) is 0 Å². The quantitative estimate of drug-likeness (QED) is 0.459. The number of aromatic amines is 1. The third kappa shape index (κ3) is 3.72. The van der Waals surface area contributed by atoms with Crippen molar-refractivity contribution < 1.29 is 9.53 Å². The number of carbonyl (C=O) groups is 1. The first-order chi connectivity index (χ1) is 16.9. The van der Waals surface area contributed by atoms with E-state index in [1.165, 1.54) is 5.56 Å². The maximum Gasteiger partial charge on any atom is 0.274 e. The van der Waals surface area contributed by atoms with Gasteiger partial charge in [-0.25, -0.2) is 5.10 Å². The number of benzene rings is 2. The second-order valence-corrected chi connectivity index (χ2v) is 10.5. The molecule has 1 saturated carbocycles. The largest absolute Gasteiger partial charge is 0.376 e. The molecular formula is C27H30N6O2. The van der Waals surface area contributed by atoms with Crippen LogP contribution in [0.4, 0.5) is 5.69 Å². The number of hydrogen-bond donors (Lipinski definition) is 1. The molecule has 3 heterocycles. The van der Waals surface area contributed by atoms with E-state index < -0.39 is 5.54 Å². The van der Waals surface area contributed by atoms with E-state index >= 15 is 0 Å². The molecule has 1 aliphatic heterocycles. The monoisotopic (exact) mass is 470 g/mol. The van der Waals surface area contributed by atoms with Gasteiger partial charge in [0.1, 0.15) is 11.2 Å². The summed E-state index contributed by atoms with van der Waals surface area (Å²) >= 11 is 0. The van der Waals surface area contributed by atoms with Gasteiger partial charge in [-0.1, -0.05) is 24.3 Å².